The average Bonchev–Trinajstić information content (AvgIpc) is 2.64. The minimum absolute atomic E-state index is 0. The predicted molar refractivity (Wildman–Crippen MR) is 127 cm³/mol. The molecule has 6 nitrogen and oxygen atoms in total. The first-order valence-corrected chi connectivity index (χ1v) is 9.92. The summed E-state index contributed by atoms with van der Waals surface area (Å²) in [5, 5.41) is 16.0. The maximum atomic E-state index is 9.28. The van der Waals surface area contributed by atoms with E-state index in [0.29, 0.717) is 31.6 Å². The topological polar surface area (TPSA) is 75.1 Å². The molecular formula is C21H38IN3O3. The highest BCUT2D eigenvalue weighted by Gasteiger charge is 2.11. The molecular weight excluding hydrogens is 469 g/mol. The molecule has 0 amide bonds. The normalized spacial score (nSPS) is 12.4. The van der Waals surface area contributed by atoms with E-state index in [-0.39, 0.29) is 30.6 Å². The van der Waals surface area contributed by atoms with Crippen LogP contribution in [0.15, 0.2) is 29.3 Å². The van der Waals surface area contributed by atoms with Gasteiger partial charge in [-0.3, -0.25) is 0 Å². The number of rotatable bonds is 13. The van der Waals surface area contributed by atoms with Gasteiger partial charge in [0.25, 0.3) is 0 Å². The standard InChI is InChI=1S/C21H37N3O3.HI/c1-5-22-21(24-16-19(9-10-25)13-17(2)3)23-15-18-7-6-8-20(14-18)27-12-11-26-4;/h6-8,14,17,19,25H,5,9-13,15-16H2,1-4H3,(H2,22,23,24);1H. The minimum Gasteiger partial charge on any atom is -0.491 e. The van der Waals surface area contributed by atoms with Crippen LogP contribution in [0, 0.1) is 11.8 Å². The highest BCUT2D eigenvalue weighted by molar-refractivity contribution is 14.0. The van der Waals surface area contributed by atoms with Crippen molar-refractivity contribution in [1.82, 2.24) is 10.6 Å². The number of aliphatic imine (C=N–C) groups is 1. The number of aliphatic hydroxyl groups excluding tert-OH is 1. The first-order chi connectivity index (χ1) is 13.1. The second-order valence-corrected chi connectivity index (χ2v) is 7.07. The van der Waals surface area contributed by atoms with Crippen LogP contribution in [-0.2, 0) is 11.3 Å². The lowest BCUT2D eigenvalue weighted by Gasteiger charge is -2.20. The summed E-state index contributed by atoms with van der Waals surface area (Å²) < 4.78 is 10.7. The van der Waals surface area contributed by atoms with Crippen LogP contribution in [0.2, 0.25) is 0 Å². The van der Waals surface area contributed by atoms with Crippen LogP contribution in [0.4, 0.5) is 0 Å². The molecule has 0 spiro atoms. The Balaban J connectivity index is 0.00000729. The van der Waals surface area contributed by atoms with Crippen molar-refractivity contribution in [2.75, 3.05) is 40.0 Å². The molecule has 1 aromatic rings. The van der Waals surface area contributed by atoms with Crippen molar-refractivity contribution in [2.24, 2.45) is 16.8 Å². The molecule has 0 aliphatic carbocycles. The van der Waals surface area contributed by atoms with Gasteiger partial charge in [0.15, 0.2) is 5.96 Å². The fourth-order valence-corrected chi connectivity index (χ4v) is 2.88. The monoisotopic (exact) mass is 507 g/mol. The summed E-state index contributed by atoms with van der Waals surface area (Å²) >= 11 is 0. The van der Waals surface area contributed by atoms with Crippen molar-refractivity contribution >= 4 is 29.9 Å². The van der Waals surface area contributed by atoms with Crippen LogP contribution in [0.3, 0.4) is 0 Å². The van der Waals surface area contributed by atoms with Crippen LogP contribution < -0.4 is 15.4 Å². The van der Waals surface area contributed by atoms with Gasteiger partial charge in [-0.2, -0.15) is 0 Å². The number of aliphatic hydroxyl groups is 1. The molecule has 0 heterocycles. The highest BCUT2D eigenvalue weighted by atomic mass is 127. The summed E-state index contributed by atoms with van der Waals surface area (Å²) in [7, 11) is 1.66. The van der Waals surface area contributed by atoms with Crippen molar-refractivity contribution in [1.29, 1.82) is 0 Å². The Hall–Kier alpha value is -1.06. The van der Waals surface area contributed by atoms with Gasteiger partial charge < -0.3 is 25.2 Å². The van der Waals surface area contributed by atoms with E-state index in [1.54, 1.807) is 7.11 Å². The van der Waals surface area contributed by atoms with Crippen molar-refractivity contribution in [3.05, 3.63) is 29.8 Å². The van der Waals surface area contributed by atoms with E-state index in [0.717, 1.165) is 43.2 Å². The van der Waals surface area contributed by atoms with Gasteiger partial charge in [-0.15, -0.1) is 24.0 Å². The maximum absolute atomic E-state index is 9.28. The fourth-order valence-electron chi connectivity index (χ4n) is 2.88. The second kappa shape index (κ2) is 16.9. The van der Waals surface area contributed by atoms with Crippen LogP contribution in [0.25, 0.3) is 0 Å². The van der Waals surface area contributed by atoms with Gasteiger partial charge in [-0.1, -0.05) is 26.0 Å². The number of nitrogens with one attached hydrogen (secondary N) is 2. The molecule has 162 valence electrons. The SMILES string of the molecule is CCNC(=NCc1cccc(OCCOC)c1)NCC(CCO)CC(C)C.I. The lowest BCUT2D eigenvalue weighted by molar-refractivity contribution is 0.146. The number of hydrogen-bond donors (Lipinski definition) is 3. The lowest BCUT2D eigenvalue weighted by atomic mass is 9.94. The number of benzene rings is 1. The van der Waals surface area contributed by atoms with E-state index in [9.17, 15) is 5.11 Å². The first kappa shape index (κ1) is 26.9. The average molecular weight is 507 g/mol. The lowest BCUT2D eigenvalue weighted by Crippen LogP contribution is -2.40. The Kier molecular flexibility index (Phi) is 16.2. The number of guanidine groups is 1. The summed E-state index contributed by atoms with van der Waals surface area (Å²) in [5.74, 6) is 2.69. The van der Waals surface area contributed by atoms with Crippen LogP contribution in [0.1, 0.15) is 39.2 Å². The molecule has 28 heavy (non-hydrogen) atoms. The zero-order valence-corrected chi connectivity index (χ0v) is 20.1. The van der Waals surface area contributed by atoms with Gasteiger partial charge in [-0.25, -0.2) is 4.99 Å². The molecule has 0 radical (unpaired) electrons. The van der Waals surface area contributed by atoms with Crippen molar-refractivity contribution in [2.45, 2.75) is 40.2 Å². The molecule has 0 saturated heterocycles. The van der Waals surface area contributed by atoms with Gasteiger partial charge >= 0.3 is 0 Å². The molecule has 7 heteroatoms. The summed E-state index contributed by atoms with van der Waals surface area (Å²) in [5.41, 5.74) is 1.09. The van der Waals surface area contributed by atoms with Crippen molar-refractivity contribution in [3.63, 3.8) is 0 Å². The quantitative estimate of drug-likeness (QED) is 0.165. The molecule has 0 aromatic heterocycles. The van der Waals surface area contributed by atoms with Crippen LogP contribution in [0.5, 0.6) is 5.75 Å². The second-order valence-electron chi connectivity index (χ2n) is 7.07. The first-order valence-electron chi connectivity index (χ1n) is 9.92. The largest absolute Gasteiger partial charge is 0.491 e. The molecule has 0 aliphatic heterocycles. The third-order valence-electron chi connectivity index (χ3n) is 4.12. The molecule has 0 bridgehead atoms. The van der Waals surface area contributed by atoms with Gasteiger partial charge in [0.05, 0.1) is 13.2 Å². The summed E-state index contributed by atoms with van der Waals surface area (Å²) in [6.45, 7) is 10.0. The number of hydrogen-bond acceptors (Lipinski definition) is 4. The minimum atomic E-state index is 0. The molecule has 0 fully saturated rings. The van der Waals surface area contributed by atoms with Gasteiger partial charge in [0.1, 0.15) is 12.4 Å². The van der Waals surface area contributed by atoms with E-state index < -0.39 is 0 Å². The van der Waals surface area contributed by atoms with E-state index >= 15 is 0 Å². The van der Waals surface area contributed by atoms with Crippen molar-refractivity contribution < 1.29 is 14.6 Å². The number of methoxy groups -OCH3 is 1. The smallest absolute Gasteiger partial charge is 0.191 e. The number of halogens is 1. The maximum Gasteiger partial charge on any atom is 0.191 e. The molecule has 1 rings (SSSR count). The number of nitrogens with zero attached hydrogens (tertiary/aromatic N) is 1. The zero-order valence-electron chi connectivity index (χ0n) is 17.7. The van der Waals surface area contributed by atoms with Gasteiger partial charge in [-0.05, 0) is 49.3 Å². The molecule has 0 saturated carbocycles. The highest BCUT2D eigenvalue weighted by Crippen LogP contribution is 2.15. The zero-order chi connectivity index (χ0) is 19.9. The summed E-state index contributed by atoms with van der Waals surface area (Å²) in [6, 6.07) is 7.98. The molecule has 0 aliphatic rings. The van der Waals surface area contributed by atoms with Crippen LogP contribution >= 0.6 is 24.0 Å². The predicted octanol–water partition coefficient (Wildman–Crippen LogP) is 3.43. The van der Waals surface area contributed by atoms with E-state index in [1.807, 2.05) is 24.3 Å². The third-order valence-corrected chi connectivity index (χ3v) is 4.12. The summed E-state index contributed by atoms with van der Waals surface area (Å²) in [6.07, 6.45) is 1.90. The molecule has 3 N–H and O–H groups in total. The Morgan fingerprint density at radius 1 is 1.21 bits per heavy atom. The van der Waals surface area contributed by atoms with E-state index in [1.165, 1.54) is 0 Å². The van der Waals surface area contributed by atoms with Gasteiger partial charge in [0.2, 0.25) is 0 Å². The van der Waals surface area contributed by atoms with Gasteiger partial charge in [0, 0.05) is 26.8 Å². The van der Waals surface area contributed by atoms with Crippen molar-refractivity contribution in [3.8, 4) is 5.75 Å². The Morgan fingerprint density at radius 3 is 2.64 bits per heavy atom. The number of ether oxygens (including phenoxy) is 2. The Bertz CT molecular complexity index is 541. The Morgan fingerprint density at radius 2 is 2.00 bits per heavy atom. The third kappa shape index (κ3) is 12.4. The molecule has 1 unspecified atom stereocenters. The summed E-state index contributed by atoms with van der Waals surface area (Å²) in [4.78, 5) is 4.68. The Labute approximate surface area is 187 Å². The van der Waals surface area contributed by atoms with E-state index in [2.05, 4.69) is 36.4 Å². The fraction of sp³-hybridized carbons (Fsp3) is 0.667. The van der Waals surface area contributed by atoms with E-state index in [4.69, 9.17) is 9.47 Å². The van der Waals surface area contributed by atoms with Crippen LogP contribution in [-0.4, -0.2) is 51.1 Å². The molecule has 1 atom stereocenters. The molecule has 1 aromatic carbocycles.